The first-order chi connectivity index (χ1) is 30.4. The van der Waals surface area contributed by atoms with Crippen molar-refractivity contribution in [3.63, 3.8) is 0 Å². The number of aromatic nitrogens is 4. The summed E-state index contributed by atoms with van der Waals surface area (Å²) in [5, 5.41) is 1.78. The van der Waals surface area contributed by atoms with E-state index in [0.29, 0.717) is 61.6 Å². The van der Waals surface area contributed by atoms with Crippen LogP contribution in [-0.4, -0.2) is 84.9 Å². The Morgan fingerprint density at radius 2 is 0.984 bits per heavy atom. The van der Waals surface area contributed by atoms with Crippen molar-refractivity contribution in [1.29, 1.82) is 0 Å². The van der Waals surface area contributed by atoms with Crippen molar-refractivity contribution < 1.29 is 23.3 Å². The Kier molecular flexibility index (Phi) is 16.2. The quantitative estimate of drug-likeness (QED) is 0.0952. The molecule has 16 heteroatoms. The molecule has 7 rings (SSSR count). The van der Waals surface area contributed by atoms with E-state index in [9.17, 15) is 14.0 Å². The first kappa shape index (κ1) is 49.3. The molecule has 0 atom stereocenters. The van der Waals surface area contributed by atoms with Gasteiger partial charge in [0, 0.05) is 49.7 Å². The monoisotopic (exact) mass is 949 g/mol. The Labute approximate surface area is 396 Å². The second-order valence-corrected chi connectivity index (χ2v) is 18.7. The van der Waals surface area contributed by atoms with Crippen LogP contribution in [0.15, 0.2) is 73.1 Å². The van der Waals surface area contributed by atoms with Gasteiger partial charge in [-0.2, -0.15) is 0 Å². The van der Waals surface area contributed by atoms with E-state index in [1.807, 2.05) is 80.0 Å². The molecule has 2 amide bonds. The zero-order valence-electron chi connectivity index (χ0n) is 37.8. The molecule has 0 spiro atoms. The van der Waals surface area contributed by atoms with Gasteiger partial charge >= 0.3 is 7.12 Å². The average molecular weight is 952 g/mol. The zero-order chi connectivity index (χ0) is 46.5. The summed E-state index contributed by atoms with van der Waals surface area (Å²) in [7, 11) is -0.448. The molecule has 0 bridgehead atoms. The molecule has 5 heterocycles. The van der Waals surface area contributed by atoms with Gasteiger partial charge in [-0.3, -0.25) is 9.59 Å². The fourth-order valence-electron chi connectivity index (χ4n) is 7.74. The number of pyridine rings is 2. The Morgan fingerprint density at radius 1 is 0.625 bits per heavy atom. The third-order valence-corrected chi connectivity index (χ3v) is 12.6. The molecule has 0 radical (unpaired) electrons. The van der Waals surface area contributed by atoms with Crippen LogP contribution in [0.3, 0.4) is 0 Å². The predicted molar refractivity (Wildman–Crippen MR) is 259 cm³/mol. The Bertz CT molecular complexity index is 2570. The van der Waals surface area contributed by atoms with Gasteiger partial charge in [0.1, 0.15) is 5.82 Å². The first-order valence-corrected chi connectivity index (χ1v) is 23.4. The highest BCUT2D eigenvalue weighted by Gasteiger charge is 2.51. The van der Waals surface area contributed by atoms with Crippen molar-refractivity contribution in [2.24, 2.45) is 0 Å². The second kappa shape index (κ2) is 21.0. The first-order valence-electron chi connectivity index (χ1n) is 21.9. The zero-order valence-corrected chi connectivity index (χ0v) is 40.8. The summed E-state index contributed by atoms with van der Waals surface area (Å²) in [5.74, 6) is -0.250. The smallest absolute Gasteiger partial charge is 0.399 e. The number of hydrogen-bond acceptors (Lipinski definition) is 6. The van der Waals surface area contributed by atoms with Crippen molar-refractivity contribution in [3.05, 3.63) is 110 Å². The van der Waals surface area contributed by atoms with Gasteiger partial charge in [0.05, 0.1) is 66.9 Å². The normalized spacial score (nSPS) is 14.2. The largest absolute Gasteiger partial charge is 0.494 e. The van der Waals surface area contributed by atoms with Crippen LogP contribution >= 0.6 is 46.4 Å². The van der Waals surface area contributed by atoms with Crippen molar-refractivity contribution in [3.8, 4) is 22.5 Å². The van der Waals surface area contributed by atoms with E-state index in [0.717, 1.165) is 61.1 Å². The number of amides is 2. The summed E-state index contributed by atoms with van der Waals surface area (Å²) in [5.41, 5.74) is 5.56. The number of nitrogens with zero attached hydrogens (tertiary/aromatic N) is 6. The van der Waals surface area contributed by atoms with Crippen molar-refractivity contribution in [2.45, 2.75) is 105 Å². The molecule has 64 heavy (non-hydrogen) atoms. The summed E-state index contributed by atoms with van der Waals surface area (Å²) in [6.45, 7) is 19.3. The van der Waals surface area contributed by atoms with Crippen LogP contribution in [0.1, 0.15) is 92.5 Å². The maximum absolute atomic E-state index is 13.4. The van der Waals surface area contributed by atoms with E-state index in [2.05, 4.69) is 18.8 Å². The highest BCUT2D eigenvalue weighted by atomic mass is 35.5. The fourth-order valence-corrected chi connectivity index (χ4v) is 8.76. The molecule has 6 aromatic rings. The van der Waals surface area contributed by atoms with E-state index in [-0.39, 0.29) is 30.5 Å². The molecule has 1 fully saturated rings. The number of halogens is 5. The third kappa shape index (κ3) is 10.9. The SMILES string of the molecule is CCCN(CCC)C(=O)Cc1c(-c2ccc(B3OC(C)(C)C(C)(C)O3)cc2)nc2c(Cl)cc(Cl)cn12.CCCN(CCC)C(=O)Cc1c(-c2ccc([18F])cc2)nc2c(Cl)cc(Cl)cn12. The number of rotatable bonds is 15. The standard InChI is InChI=1S/C27H34BCl2N3O3.C21H22Cl2FN3O/c1-7-13-32(14-8-2)23(34)16-22-24(31-25-21(30)15-20(29)17-33(22)25)18-9-11-19(12-10-18)28-35-26(3,4)27(5,6)36-28;1-3-9-26(10-4-2)19(28)12-18-20(14-5-7-16(24)8-6-14)25-21-17(23)11-15(22)13-27(18)21/h9-12,15,17H,7-8,13-14,16H2,1-6H3;5-8,11,13H,3-4,9-10,12H2,1-2H3/i;24-1. The molecule has 1 aliphatic rings. The van der Waals surface area contributed by atoms with Gasteiger partial charge < -0.3 is 27.9 Å². The van der Waals surface area contributed by atoms with Gasteiger partial charge in [0.15, 0.2) is 11.3 Å². The number of benzene rings is 2. The van der Waals surface area contributed by atoms with Crippen LogP contribution in [0.25, 0.3) is 33.8 Å². The molecule has 340 valence electrons. The molecule has 0 saturated carbocycles. The Balaban J connectivity index is 0.000000219. The van der Waals surface area contributed by atoms with Gasteiger partial charge in [-0.1, -0.05) is 98.4 Å². The van der Waals surface area contributed by atoms with E-state index < -0.39 is 18.3 Å². The number of imidazole rings is 2. The summed E-state index contributed by atoms with van der Waals surface area (Å²) < 4.78 is 29.4. The molecule has 0 unspecified atom stereocenters. The van der Waals surface area contributed by atoms with E-state index in [1.165, 1.54) is 12.1 Å². The minimum atomic E-state index is -0.448. The molecule has 10 nitrogen and oxygen atoms in total. The van der Waals surface area contributed by atoms with Crippen LogP contribution in [0.5, 0.6) is 0 Å². The topological polar surface area (TPSA) is 93.7 Å². The lowest BCUT2D eigenvalue weighted by molar-refractivity contribution is -0.131. The highest BCUT2D eigenvalue weighted by molar-refractivity contribution is 6.62. The number of carbonyl (C=O) groups excluding carboxylic acids is 2. The minimum absolute atomic E-state index is 0.0185. The second-order valence-electron chi connectivity index (χ2n) is 17.0. The molecule has 2 aromatic carbocycles. The molecule has 0 N–H and O–H groups in total. The minimum Gasteiger partial charge on any atom is -0.399 e. The summed E-state index contributed by atoms with van der Waals surface area (Å²) in [4.78, 5) is 39.6. The molecule has 1 saturated heterocycles. The Morgan fingerprint density at radius 3 is 1.34 bits per heavy atom. The van der Waals surface area contributed by atoms with Crippen LogP contribution in [0, 0.1) is 5.82 Å². The maximum atomic E-state index is 13.4. The Hall–Kier alpha value is -4.17. The summed E-state index contributed by atoms with van der Waals surface area (Å²) >= 11 is 25.4. The van der Waals surface area contributed by atoms with Crippen molar-refractivity contribution in [1.82, 2.24) is 28.6 Å². The van der Waals surface area contributed by atoms with Gasteiger partial charge in [0.25, 0.3) is 0 Å². The van der Waals surface area contributed by atoms with Crippen LogP contribution in [0.2, 0.25) is 20.1 Å². The molecule has 0 aliphatic carbocycles. The molecular formula is C48H56BCl4FN6O4. The van der Waals surface area contributed by atoms with Crippen LogP contribution in [0.4, 0.5) is 4.39 Å². The van der Waals surface area contributed by atoms with E-state index in [1.54, 1.807) is 41.1 Å². The average Bonchev–Trinajstić information content (AvgIpc) is 3.86. The maximum Gasteiger partial charge on any atom is 0.494 e. The van der Waals surface area contributed by atoms with Crippen molar-refractivity contribution in [2.75, 3.05) is 26.2 Å². The number of fused-ring (bicyclic) bond motifs is 2. The van der Waals surface area contributed by atoms with Gasteiger partial charge in [-0.05, 0) is 95.2 Å². The molecule has 1 aliphatic heterocycles. The lowest BCUT2D eigenvalue weighted by Crippen LogP contribution is -2.41. The summed E-state index contributed by atoms with van der Waals surface area (Å²) in [6.07, 6.45) is 7.42. The molecular weight excluding hydrogens is 895 g/mol. The van der Waals surface area contributed by atoms with Gasteiger partial charge in [-0.25, -0.2) is 14.4 Å². The van der Waals surface area contributed by atoms with E-state index in [4.69, 9.17) is 60.7 Å². The molecule has 4 aromatic heterocycles. The number of hydrogen-bond donors (Lipinski definition) is 0. The predicted octanol–water partition coefficient (Wildman–Crippen LogP) is 11.4. The van der Waals surface area contributed by atoms with Crippen LogP contribution < -0.4 is 5.46 Å². The highest BCUT2D eigenvalue weighted by Crippen LogP contribution is 2.37. The van der Waals surface area contributed by atoms with E-state index >= 15 is 0 Å². The van der Waals surface area contributed by atoms with Gasteiger partial charge in [-0.15, -0.1) is 0 Å². The fraction of sp³-hybridized carbons (Fsp3) is 0.417. The lowest BCUT2D eigenvalue weighted by atomic mass is 9.78. The van der Waals surface area contributed by atoms with Crippen LogP contribution in [-0.2, 0) is 31.7 Å². The third-order valence-electron chi connectivity index (χ3n) is 11.6. The number of carbonyl (C=O) groups is 2. The van der Waals surface area contributed by atoms with Crippen molar-refractivity contribution >= 4 is 82.1 Å². The van der Waals surface area contributed by atoms with Gasteiger partial charge in [0.2, 0.25) is 11.8 Å². The lowest BCUT2D eigenvalue weighted by Gasteiger charge is -2.32. The summed E-state index contributed by atoms with van der Waals surface area (Å²) in [6, 6.07) is 17.3.